The summed E-state index contributed by atoms with van der Waals surface area (Å²) in [5.74, 6) is 0.323. The van der Waals surface area contributed by atoms with Gasteiger partial charge in [0.2, 0.25) is 0 Å². The van der Waals surface area contributed by atoms with Crippen LogP contribution in [0.2, 0.25) is 0 Å². The topological polar surface area (TPSA) is 74.4 Å². The molecule has 3 aromatic carbocycles. The van der Waals surface area contributed by atoms with E-state index in [9.17, 15) is 14.0 Å². The van der Waals surface area contributed by atoms with Crippen molar-refractivity contribution < 1.29 is 13.9 Å². The van der Waals surface area contributed by atoms with Crippen LogP contribution in [0.15, 0.2) is 77.6 Å². The molecule has 2 amide bonds. The van der Waals surface area contributed by atoms with Crippen molar-refractivity contribution in [2.24, 2.45) is 0 Å². The number of benzene rings is 3. The minimum atomic E-state index is -0.402. The van der Waals surface area contributed by atoms with Crippen molar-refractivity contribution in [3.05, 3.63) is 106 Å². The molecule has 0 radical (unpaired) electrons. The number of hydrogen-bond acceptors (Lipinski definition) is 3. The van der Waals surface area contributed by atoms with Gasteiger partial charge in [0.15, 0.2) is 0 Å². The van der Waals surface area contributed by atoms with Crippen LogP contribution in [0.4, 0.5) is 14.9 Å². The monoisotopic (exact) mass is 445 g/mol. The van der Waals surface area contributed by atoms with E-state index in [0.717, 1.165) is 22.0 Å². The molecule has 7 heteroatoms. The molecule has 0 spiro atoms. The number of halogens is 1. The van der Waals surface area contributed by atoms with E-state index < -0.39 is 6.03 Å². The van der Waals surface area contributed by atoms with Crippen molar-refractivity contribution in [3.63, 3.8) is 0 Å². The predicted molar refractivity (Wildman–Crippen MR) is 127 cm³/mol. The Morgan fingerprint density at radius 1 is 1.00 bits per heavy atom. The van der Waals surface area contributed by atoms with Crippen molar-refractivity contribution in [1.82, 2.24) is 9.88 Å². The van der Waals surface area contributed by atoms with Gasteiger partial charge in [-0.2, -0.15) is 0 Å². The van der Waals surface area contributed by atoms with E-state index in [1.165, 1.54) is 29.2 Å². The number of pyridine rings is 1. The summed E-state index contributed by atoms with van der Waals surface area (Å²) in [5, 5.41) is 3.68. The predicted octanol–water partition coefficient (Wildman–Crippen LogP) is 5.22. The smallest absolute Gasteiger partial charge is 0.322 e. The van der Waals surface area contributed by atoms with Gasteiger partial charge in [-0.25, -0.2) is 9.18 Å². The van der Waals surface area contributed by atoms with Gasteiger partial charge < -0.3 is 19.9 Å². The Morgan fingerprint density at radius 2 is 1.73 bits per heavy atom. The van der Waals surface area contributed by atoms with E-state index in [2.05, 4.69) is 10.3 Å². The van der Waals surface area contributed by atoms with Crippen LogP contribution in [-0.4, -0.2) is 23.0 Å². The number of fused-ring (bicyclic) bond motifs is 1. The number of urea groups is 1. The summed E-state index contributed by atoms with van der Waals surface area (Å²) < 4.78 is 18.5. The molecule has 0 aliphatic heterocycles. The number of aryl methyl sites for hydroxylation is 1. The summed E-state index contributed by atoms with van der Waals surface area (Å²) in [6.45, 7) is 2.34. The zero-order chi connectivity index (χ0) is 23.4. The van der Waals surface area contributed by atoms with Crippen LogP contribution in [0.3, 0.4) is 0 Å². The van der Waals surface area contributed by atoms with Crippen LogP contribution < -0.4 is 15.6 Å². The lowest BCUT2D eigenvalue weighted by molar-refractivity contribution is 0.206. The van der Waals surface area contributed by atoms with Gasteiger partial charge in [-0.15, -0.1) is 0 Å². The highest BCUT2D eigenvalue weighted by Gasteiger charge is 2.17. The third kappa shape index (κ3) is 5.38. The molecule has 0 fully saturated rings. The Labute approximate surface area is 190 Å². The normalized spacial score (nSPS) is 10.8. The fourth-order valence-electron chi connectivity index (χ4n) is 3.58. The number of nitrogens with zero attached hydrogens (tertiary/aromatic N) is 1. The molecule has 6 nitrogen and oxygen atoms in total. The maximum absolute atomic E-state index is 13.2. The highest BCUT2D eigenvalue weighted by atomic mass is 19.1. The van der Waals surface area contributed by atoms with Gasteiger partial charge in [0.05, 0.1) is 13.7 Å². The highest BCUT2D eigenvalue weighted by Crippen LogP contribution is 2.18. The first kappa shape index (κ1) is 22.1. The molecule has 1 aromatic heterocycles. The Morgan fingerprint density at radius 3 is 2.42 bits per heavy atom. The van der Waals surface area contributed by atoms with Gasteiger partial charge in [0, 0.05) is 23.3 Å². The molecule has 2 N–H and O–H groups in total. The van der Waals surface area contributed by atoms with Crippen molar-refractivity contribution in [1.29, 1.82) is 0 Å². The summed E-state index contributed by atoms with van der Waals surface area (Å²) in [6.07, 6.45) is 0. The number of methoxy groups -OCH3 is 1. The molecule has 0 unspecified atom stereocenters. The number of ether oxygens (including phenoxy) is 1. The molecule has 0 saturated carbocycles. The van der Waals surface area contributed by atoms with Gasteiger partial charge in [0.25, 0.3) is 5.56 Å². The van der Waals surface area contributed by atoms with Crippen molar-refractivity contribution in [3.8, 4) is 5.75 Å². The van der Waals surface area contributed by atoms with Crippen LogP contribution in [0.5, 0.6) is 5.75 Å². The number of anilines is 1. The molecule has 4 rings (SSSR count). The molecule has 33 heavy (non-hydrogen) atoms. The average molecular weight is 445 g/mol. The molecule has 1 heterocycles. The number of H-pyrrole nitrogens is 1. The second kappa shape index (κ2) is 9.56. The van der Waals surface area contributed by atoms with E-state index >= 15 is 0 Å². The number of rotatable bonds is 6. The number of hydrogen-bond donors (Lipinski definition) is 2. The SMILES string of the molecule is COc1ccc(CN(Cc2cc3cc(C)ccc3[nH]c2=O)C(=O)Nc2ccc(F)cc2)cc1. The van der Waals surface area contributed by atoms with Crippen LogP contribution >= 0.6 is 0 Å². The average Bonchev–Trinajstić information content (AvgIpc) is 2.81. The van der Waals surface area contributed by atoms with Crippen molar-refractivity contribution >= 4 is 22.6 Å². The Bertz CT molecular complexity index is 1330. The molecule has 0 aliphatic rings. The fourth-order valence-corrected chi connectivity index (χ4v) is 3.58. The highest BCUT2D eigenvalue weighted by molar-refractivity contribution is 5.89. The first-order valence-corrected chi connectivity index (χ1v) is 10.5. The second-order valence-electron chi connectivity index (χ2n) is 7.86. The van der Waals surface area contributed by atoms with Crippen LogP contribution in [-0.2, 0) is 13.1 Å². The van der Waals surface area contributed by atoms with Crippen LogP contribution in [0, 0.1) is 12.7 Å². The van der Waals surface area contributed by atoms with E-state index in [4.69, 9.17) is 4.74 Å². The number of carbonyl (C=O) groups is 1. The summed E-state index contributed by atoms with van der Waals surface area (Å²) in [7, 11) is 1.59. The van der Waals surface area contributed by atoms with Crippen LogP contribution in [0.25, 0.3) is 10.9 Å². The lowest BCUT2D eigenvalue weighted by Gasteiger charge is -2.23. The van der Waals surface area contributed by atoms with Gasteiger partial charge in [-0.1, -0.05) is 23.8 Å². The molecular weight excluding hydrogens is 421 g/mol. The maximum Gasteiger partial charge on any atom is 0.322 e. The minimum Gasteiger partial charge on any atom is -0.497 e. The molecule has 4 aromatic rings. The summed E-state index contributed by atoms with van der Waals surface area (Å²) in [5.41, 5.74) is 3.37. The minimum absolute atomic E-state index is 0.0955. The molecular formula is C26H24FN3O3. The quantitative estimate of drug-likeness (QED) is 0.427. The zero-order valence-corrected chi connectivity index (χ0v) is 18.4. The Balaban J connectivity index is 1.64. The van der Waals surface area contributed by atoms with Gasteiger partial charge >= 0.3 is 6.03 Å². The summed E-state index contributed by atoms with van der Waals surface area (Å²) in [6, 6.07) is 20.1. The van der Waals surface area contributed by atoms with Gasteiger partial charge in [0.1, 0.15) is 11.6 Å². The Kier molecular flexibility index (Phi) is 6.40. The molecule has 0 aliphatic carbocycles. The lowest BCUT2D eigenvalue weighted by Crippen LogP contribution is -2.35. The first-order chi connectivity index (χ1) is 15.9. The maximum atomic E-state index is 13.2. The van der Waals surface area contributed by atoms with E-state index in [-0.39, 0.29) is 24.5 Å². The van der Waals surface area contributed by atoms with Gasteiger partial charge in [-0.05, 0) is 72.5 Å². The third-order valence-electron chi connectivity index (χ3n) is 5.35. The Hall–Kier alpha value is -4.13. The largest absolute Gasteiger partial charge is 0.497 e. The number of amides is 2. The summed E-state index contributed by atoms with van der Waals surface area (Å²) >= 11 is 0. The first-order valence-electron chi connectivity index (χ1n) is 10.5. The lowest BCUT2D eigenvalue weighted by atomic mass is 10.1. The number of aromatic nitrogens is 1. The van der Waals surface area contributed by atoms with E-state index in [1.807, 2.05) is 55.5 Å². The number of aromatic amines is 1. The second-order valence-corrected chi connectivity index (χ2v) is 7.86. The fraction of sp³-hybridized carbons (Fsp3) is 0.154. The van der Waals surface area contributed by atoms with E-state index in [1.54, 1.807) is 7.11 Å². The number of nitrogens with one attached hydrogen (secondary N) is 2. The third-order valence-corrected chi connectivity index (χ3v) is 5.35. The summed E-state index contributed by atoms with van der Waals surface area (Å²) in [4.78, 5) is 30.3. The molecule has 0 saturated heterocycles. The molecule has 0 bridgehead atoms. The standard InChI is InChI=1S/C26H24FN3O3/c1-17-3-12-24-19(13-17)14-20(25(31)29-24)16-30(15-18-4-10-23(33-2)11-5-18)26(32)28-22-8-6-21(27)7-9-22/h3-14H,15-16H2,1-2H3,(H,28,32)(H,29,31). The molecule has 0 atom stereocenters. The molecule has 168 valence electrons. The van der Waals surface area contributed by atoms with Crippen molar-refractivity contribution in [2.45, 2.75) is 20.0 Å². The number of carbonyl (C=O) groups excluding carboxylic acids is 1. The van der Waals surface area contributed by atoms with Gasteiger partial charge in [-0.3, -0.25) is 4.79 Å². The van der Waals surface area contributed by atoms with E-state index in [0.29, 0.717) is 17.0 Å². The zero-order valence-electron chi connectivity index (χ0n) is 18.4. The van der Waals surface area contributed by atoms with Crippen LogP contribution in [0.1, 0.15) is 16.7 Å². The van der Waals surface area contributed by atoms with Crippen molar-refractivity contribution in [2.75, 3.05) is 12.4 Å².